The molecule has 14 heteroatoms. The van der Waals surface area contributed by atoms with Crippen LogP contribution in [0.15, 0.2) is 12.2 Å². The molecule has 4 aliphatic carbocycles. The molecule has 0 saturated heterocycles. The van der Waals surface area contributed by atoms with Gasteiger partial charge in [-0.1, -0.05) is 19.4 Å². The van der Waals surface area contributed by atoms with Gasteiger partial charge in [-0.15, -0.1) is 6.58 Å². The van der Waals surface area contributed by atoms with E-state index in [0.717, 1.165) is 56.9 Å². The Morgan fingerprint density at radius 2 is 1.56 bits per heavy atom. The first kappa shape index (κ1) is 38.6. The Bertz CT molecular complexity index is 1130. The summed E-state index contributed by atoms with van der Waals surface area (Å²) in [5.41, 5.74) is 0.570. The van der Waals surface area contributed by atoms with Crippen LogP contribution < -0.4 is 59.1 Å². The normalized spacial score (nSPS) is 41.1. The first-order chi connectivity index (χ1) is 18.0. The van der Waals surface area contributed by atoms with Gasteiger partial charge < -0.3 is 19.3 Å². The monoisotopic (exact) mass is 638 g/mol. The predicted octanol–water partition coefficient (Wildman–Crippen LogP) is -2.72. The molecule has 2 N–H and O–H groups in total. The predicted molar refractivity (Wildman–Crippen MR) is 140 cm³/mol. The van der Waals surface area contributed by atoms with Crippen LogP contribution in [0.3, 0.4) is 0 Å². The second kappa shape index (κ2) is 14.4. The molecule has 10 nitrogen and oxygen atoms in total. The molecular weight excluding hydrogens is 594 g/mol. The van der Waals surface area contributed by atoms with Gasteiger partial charge in [-0.3, -0.25) is 8.37 Å². The zero-order valence-corrected chi connectivity index (χ0v) is 30.8. The maximum atomic E-state index is 11.3. The first-order valence-corrected chi connectivity index (χ1v) is 16.9. The van der Waals surface area contributed by atoms with Crippen LogP contribution in [0.5, 0.6) is 0 Å². The SMILES string of the molecule is C=C(C)CCC[C@@H](COS(=O)(=O)[O-])[C@H]1CCC2C3CC[C@@H]4[C@H](O)[C@H](OS(=O)(=O)[O-])[C@@H](O)C[C@]4(C)C3CC[C@@]21C.[Na+].[Na+]. The van der Waals surface area contributed by atoms with Crippen LogP contribution in [0.1, 0.15) is 85.0 Å². The maximum Gasteiger partial charge on any atom is 1.00 e. The molecule has 0 spiro atoms. The van der Waals surface area contributed by atoms with Crippen LogP contribution in [-0.2, 0) is 29.2 Å². The fourth-order valence-corrected chi connectivity index (χ4v) is 10.5. The van der Waals surface area contributed by atoms with Crippen molar-refractivity contribution < 1.29 is 104 Å². The summed E-state index contributed by atoms with van der Waals surface area (Å²) in [7, 11) is -9.86. The minimum absolute atomic E-state index is 0. The van der Waals surface area contributed by atoms with E-state index in [1.165, 1.54) is 0 Å². The number of hydrogen-bond donors (Lipinski definition) is 2. The molecule has 41 heavy (non-hydrogen) atoms. The first-order valence-electron chi connectivity index (χ1n) is 14.2. The molecule has 226 valence electrons. The van der Waals surface area contributed by atoms with E-state index < -0.39 is 44.5 Å². The quantitative estimate of drug-likeness (QED) is 0.111. The maximum absolute atomic E-state index is 11.3. The molecule has 0 aromatic rings. The smallest absolute Gasteiger partial charge is 0.726 e. The van der Waals surface area contributed by atoms with Gasteiger partial charge in [0, 0.05) is 0 Å². The molecule has 4 rings (SSSR count). The molecule has 11 atom stereocenters. The third-order valence-corrected chi connectivity index (χ3v) is 12.1. The molecule has 0 bridgehead atoms. The van der Waals surface area contributed by atoms with Crippen molar-refractivity contribution in [3.05, 3.63) is 12.2 Å². The molecule has 0 aromatic heterocycles. The van der Waals surface area contributed by atoms with Gasteiger partial charge in [0.1, 0.15) is 6.10 Å². The van der Waals surface area contributed by atoms with Crippen molar-refractivity contribution in [1.82, 2.24) is 0 Å². The molecule has 4 saturated carbocycles. The van der Waals surface area contributed by atoms with Crippen molar-refractivity contribution in [2.45, 2.75) is 103 Å². The van der Waals surface area contributed by atoms with Crippen molar-refractivity contribution in [1.29, 1.82) is 0 Å². The summed E-state index contributed by atoms with van der Waals surface area (Å²) >= 11 is 0. The van der Waals surface area contributed by atoms with Crippen molar-refractivity contribution >= 4 is 20.8 Å². The molecule has 0 aromatic carbocycles. The largest absolute Gasteiger partial charge is 1.00 e. The Morgan fingerprint density at radius 3 is 2.15 bits per heavy atom. The average Bonchev–Trinajstić information content (AvgIpc) is 3.14. The summed E-state index contributed by atoms with van der Waals surface area (Å²) in [6, 6.07) is 0. The zero-order valence-electron chi connectivity index (χ0n) is 25.2. The Labute approximate surface area is 290 Å². The van der Waals surface area contributed by atoms with Crippen molar-refractivity contribution in [2.75, 3.05) is 6.61 Å². The molecule has 0 heterocycles. The van der Waals surface area contributed by atoms with Gasteiger partial charge in [0.05, 0.1) is 18.8 Å². The standard InChI is InChI=1S/C27H46O10S2.2Na/c1-16(2)6-5-7-17(15-36-38(30,31)32)19-10-11-20-18-8-9-22-24(29)25(37-39(33,34)35)23(28)14-27(22,4)21(18)12-13-26(19,20)3;;/h17-25,28-29H,1,5-15H2,2-4H3,(H,30,31,32)(H,33,34,35);;/q;2*+1/p-2/t17-,18?,19+,20?,21?,22+,23-,24-,25+,26+,27+;;/m0../s1. The fraction of sp³-hybridized carbons (Fsp3) is 0.926. The third kappa shape index (κ3) is 8.41. The van der Waals surface area contributed by atoms with Gasteiger partial charge in [-0.05, 0) is 117 Å². The zero-order chi connectivity index (χ0) is 29.0. The van der Waals surface area contributed by atoms with E-state index in [4.69, 9.17) is 4.18 Å². The summed E-state index contributed by atoms with van der Waals surface area (Å²) in [6.45, 7) is 10.2. The molecule has 3 unspecified atom stereocenters. The number of fused-ring (bicyclic) bond motifs is 5. The molecule has 0 amide bonds. The van der Waals surface area contributed by atoms with E-state index in [-0.39, 0.29) is 101 Å². The van der Waals surface area contributed by atoms with E-state index in [1.54, 1.807) is 0 Å². The number of aliphatic hydroxyl groups is 2. The van der Waals surface area contributed by atoms with Crippen molar-refractivity contribution in [2.24, 2.45) is 46.3 Å². The van der Waals surface area contributed by atoms with Crippen LogP contribution >= 0.6 is 0 Å². The second-order valence-electron chi connectivity index (χ2n) is 13.3. The molecular formula is C27H44Na2O10S2. The summed E-state index contributed by atoms with van der Waals surface area (Å²) in [4.78, 5) is 0. The van der Waals surface area contributed by atoms with Crippen molar-refractivity contribution in [3.63, 3.8) is 0 Å². The van der Waals surface area contributed by atoms with E-state index in [2.05, 4.69) is 24.6 Å². The Balaban J connectivity index is 0.00000294. The van der Waals surface area contributed by atoms with Gasteiger partial charge in [0.2, 0.25) is 20.8 Å². The minimum Gasteiger partial charge on any atom is -0.726 e. The van der Waals surface area contributed by atoms with E-state index in [1.807, 2.05) is 6.92 Å². The second-order valence-corrected chi connectivity index (χ2v) is 15.4. The van der Waals surface area contributed by atoms with Crippen LogP contribution in [0, 0.1) is 46.3 Å². The van der Waals surface area contributed by atoms with E-state index in [0.29, 0.717) is 18.3 Å². The Kier molecular flexibility index (Phi) is 13.6. The van der Waals surface area contributed by atoms with E-state index >= 15 is 0 Å². The molecule has 4 fully saturated rings. The fourth-order valence-electron chi connectivity index (χ4n) is 9.68. The third-order valence-electron chi connectivity index (χ3n) is 11.2. The number of rotatable bonds is 10. The topological polar surface area (TPSA) is 173 Å². The van der Waals surface area contributed by atoms with E-state index in [9.17, 15) is 36.2 Å². The van der Waals surface area contributed by atoms with Crippen LogP contribution in [-0.4, -0.2) is 61.1 Å². The average molecular weight is 639 g/mol. The minimum atomic E-state index is -5.07. The van der Waals surface area contributed by atoms with Crippen molar-refractivity contribution in [3.8, 4) is 0 Å². The summed E-state index contributed by atoms with van der Waals surface area (Å²) in [6.07, 6.45) is 3.87. The summed E-state index contributed by atoms with van der Waals surface area (Å²) in [5.74, 6) is 0.788. The van der Waals surface area contributed by atoms with Gasteiger partial charge in [0.25, 0.3) is 0 Å². The molecule has 4 aliphatic rings. The van der Waals surface area contributed by atoms with Crippen LogP contribution in [0.4, 0.5) is 0 Å². The van der Waals surface area contributed by atoms with Gasteiger partial charge in [-0.25, -0.2) is 16.8 Å². The molecule has 0 radical (unpaired) electrons. The van der Waals surface area contributed by atoms with Gasteiger partial charge in [-0.2, -0.15) is 0 Å². The Hall–Kier alpha value is 1.40. The number of allylic oxidation sites excluding steroid dienone is 1. The van der Waals surface area contributed by atoms with Crippen LogP contribution in [0.2, 0.25) is 0 Å². The summed E-state index contributed by atoms with van der Waals surface area (Å²) in [5, 5.41) is 21.9. The number of aliphatic hydroxyl groups excluding tert-OH is 2. The number of hydrogen-bond acceptors (Lipinski definition) is 10. The van der Waals surface area contributed by atoms with Gasteiger partial charge >= 0.3 is 59.1 Å². The summed E-state index contributed by atoms with van der Waals surface area (Å²) < 4.78 is 77.1. The molecule has 0 aliphatic heterocycles. The van der Waals surface area contributed by atoms with Crippen LogP contribution in [0.25, 0.3) is 0 Å². The van der Waals surface area contributed by atoms with Gasteiger partial charge in [0.15, 0.2) is 0 Å². The Morgan fingerprint density at radius 1 is 0.951 bits per heavy atom.